The van der Waals surface area contributed by atoms with Crippen LogP contribution < -0.4 is 10.9 Å². The molecule has 1 aliphatic rings. The van der Waals surface area contributed by atoms with Crippen LogP contribution in [0.1, 0.15) is 42.2 Å². The first kappa shape index (κ1) is 19.2. The number of nitrogens with zero attached hydrogens (tertiary/aromatic N) is 2. The Hall–Kier alpha value is -2.15. The fourth-order valence-corrected chi connectivity index (χ4v) is 3.09. The first-order valence-electron chi connectivity index (χ1n) is 8.86. The lowest BCUT2D eigenvalue weighted by molar-refractivity contribution is -0.129. The maximum atomic E-state index is 12.2. The Labute approximate surface area is 148 Å². The molecule has 1 atom stereocenters. The van der Waals surface area contributed by atoms with Gasteiger partial charge in [-0.25, -0.2) is 0 Å². The van der Waals surface area contributed by atoms with E-state index in [1.54, 1.807) is 6.07 Å². The van der Waals surface area contributed by atoms with Crippen LogP contribution in [0.15, 0.2) is 16.9 Å². The fourth-order valence-electron chi connectivity index (χ4n) is 3.09. The van der Waals surface area contributed by atoms with Crippen molar-refractivity contribution in [3.05, 3.63) is 33.7 Å². The van der Waals surface area contributed by atoms with E-state index in [4.69, 9.17) is 0 Å². The molecule has 1 aromatic rings. The number of aryl methyl sites for hydroxylation is 1. The maximum absolute atomic E-state index is 12.2. The van der Waals surface area contributed by atoms with Crippen LogP contribution in [0, 0.1) is 0 Å². The zero-order valence-electron chi connectivity index (χ0n) is 15.3. The number of carbonyl (C=O) groups is 2. The van der Waals surface area contributed by atoms with Crippen LogP contribution in [0.2, 0.25) is 0 Å². The molecule has 7 heteroatoms. The molecule has 0 saturated carbocycles. The normalized spacial score (nSPS) is 17.4. The molecule has 2 rings (SSSR count). The molecule has 2 heterocycles. The topological polar surface area (TPSA) is 85.5 Å². The van der Waals surface area contributed by atoms with Gasteiger partial charge in [-0.3, -0.25) is 14.4 Å². The van der Waals surface area contributed by atoms with Crippen LogP contribution >= 0.6 is 0 Å². The highest BCUT2D eigenvalue weighted by atomic mass is 16.2. The number of pyridine rings is 1. The molecule has 0 aromatic carbocycles. The Balaban J connectivity index is 1.87. The van der Waals surface area contributed by atoms with E-state index in [0.717, 1.165) is 31.6 Å². The Morgan fingerprint density at radius 2 is 2.12 bits per heavy atom. The molecule has 1 aliphatic heterocycles. The van der Waals surface area contributed by atoms with Gasteiger partial charge in [-0.1, -0.05) is 6.92 Å². The van der Waals surface area contributed by atoms with E-state index < -0.39 is 0 Å². The third kappa shape index (κ3) is 5.42. The van der Waals surface area contributed by atoms with Crippen molar-refractivity contribution in [3.8, 4) is 0 Å². The van der Waals surface area contributed by atoms with Gasteiger partial charge in [-0.05, 0) is 39.4 Å². The lowest BCUT2D eigenvalue weighted by Crippen LogP contribution is -2.40. The van der Waals surface area contributed by atoms with Crippen LogP contribution in [-0.2, 0) is 11.2 Å². The molecule has 1 fully saturated rings. The number of likely N-dealkylation sites (N-methyl/N-ethyl adjacent to an activating group) is 1. The molecule has 0 aliphatic carbocycles. The molecule has 1 saturated heterocycles. The van der Waals surface area contributed by atoms with Gasteiger partial charge in [0.1, 0.15) is 0 Å². The summed E-state index contributed by atoms with van der Waals surface area (Å²) in [4.78, 5) is 42.5. The van der Waals surface area contributed by atoms with E-state index in [2.05, 4.69) is 15.2 Å². The molecule has 25 heavy (non-hydrogen) atoms. The minimum atomic E-state index is -0.263. The molecule has 2 amide bonds. The summed E-state index contributed by atoms with van der Waals surface area (Å²) in [6.45, 7) is 3.97. The summed E-state index contributed by atoms with van der Waals surface area (Å²) in [5.74, 6) is -0.0506. The monoisotopic (exact) mass is 348 g/mol. The third-order valence-electron chi connectivity index (χ3n) is 4.55. The second-order valence-electron chi connectivity index (χ2n) is 6.74. The van der Waals surface area contributed by atoms with Gasteiger partial charge < -0.3 is 20.1 Å². The summed E-state index contributed by atoms with van der Waals surface area (Å²) < 4.78 is 0. The van der Waals surface area contributed by atoms with Crippen LogP contribution in [0.5, 0.6) is 0 Å². The molecule has 0 bridgehead atoms. The lowest BCUT2D eigenvalue weighted by atomic mass is 10.1. The Morgan fingerprint density at radius 1 is 1.36 bits per heavy atom. The smallest absolute Gasteiger partial charge is 0.251 e. The SMILES string of the molecule is CCc1cc(C(=O)NCC[C@@H]2CCC(=O)N2CCN(C)C)cc(=O)[nH]1. The molecule has 7 nitrogen and oxygen atoms in total. The summed E-state index contributed by atoms with van der Waals surface area (Å²) in [7, 11) is 3.98. The highest BCUT2D eigenvalue weighted by Gasteiger charge is 2.30. The van der Waals surface area contributed by atoms with Crippen LogP contribution in [0.25, 0.3) is 0 Å². The Bertz CT molecular complexity index is 669. The molecule has 0 spiro atoms. The van der Waals surface area contributed by atoms with E-state index >= 15 is 0 Å². The average molecular weight is 348 g/mol. The molecule has 2 N–H and O–H groups in total. The van der Waals surface area contributed by atoms with Gasteiger partial charge in [0.15, 0.2) is 0 Å². The van der Waals surface area contributed by atoms with Crippen molar-refractivity contribution in [1.29, 1.82) is 0 Å². The van der Waals surface area contributed by atoms with Gasteiger partial charge in [0.05, 0.1) is 0 Å². The number of rotatable bonds is 8. The summed E-state index contributed by atoms with van der Waals surface area (Å²) in [5.41, 5.74) is 0.863. The van der Waals surface area contributed by atoms with Crippen molar-refractivity contribution in [2.45, 2.75) is 38.6 Å². The van der Waals surface area contributed by atoms with Gasteiger partial charge >= 0.3 is 0 Å². The number of nitrogens with one attached hydrogen (secondary N) is 2. The summed E-state index contributed by atoms with van der Waals surface area (Å²) in [6.07, 6.45) is 2.82. The van der Waals surface area contributed by atoms with Gasteiger partial charge in [-0.2, -0.15) is 0 Å². The van der Waals surface area contributed by atoms with Crippen molar-refractivity contribution in [3.63, 3.8) is 0 Å². The van der Waals surface area contributed by atoms with E-state index in [0.29, 0.717) is 24.9 Å². The first-order chi connectivity index (χ1) is 11.9. The number of aromatic nitrogens is 1. The number of aromatic amines is 1. The van der Waals surface area contributed by atoms with Crippen molar-refractivity contribution in [2.75, 3.05) is 33.7 Å². The minimum absolute atomic E-state index is 0.179. The number of amides is 2. The van der Waals surface area contributed by atoms with E-state index in [9.17, 15) is 14.4 Å². The van der Waals surface area contributed by atoms with Gasteiger partial charge in [0.2, 0.25) is 11.5 Å². The number of H-pyrrole nitrogens is 1. The lowest BCUT2D eigenvalue weighted by Gasteiger charge is -2.26. The first-order valence-corrected chi connectivity index (χ1v) is 8.86. The number of hydrogen-bond acceptors (Lipinski definition) is 4. The second-order valence-corrected chi connectivity index (χ2v) is 6.74. The third-order valence-corrected chi connectivity index (χ3v) is 4.55. The van der Waals surface area contributed by atoms with Gasteiger partial charge in [0, 0.05) is 49.4 Å². The standard InChI is InChI=1S/C18H28N4O3/c1-4-14-11-13(12-16(23)20-14)18(25)19-8-7-15-5-6-17(24)22(15)10-9-21(2)3/h11-12,15H,4-10H2,1-3H3,(H,19,25)(H,20,23)/t15-/m0/s1. The van der Waals surface area contributed by atoms with Crippen molar-refractivity contribution < 1.29 is 9.59 Å². The zero-order chi connectivity index (χ0) is 18.4. The second kappa shape index (κ2) is 8.80. The molecule has 138 valence electrons. The largest absolute Gasteiger partial charge is 0.352 e. The predicted octanol–water partition coefficient (Wildman–Crippen LogP) is 0.610. The van der Waals surface area contributed by atoms with Crippen molar-refractivity contribution >= 4 is 11.8 Å². The summed E-state index contributed by atoms with van der Waals surface area (Å²) >= 11 is 0. The molecule has 0 unspecified atom stereocenters. The maximum Gasteiger partial charge on any atom is 0.251 e. The van der Waals surface area contributed by atoms with Crippen molar-refractivity contribution in [1.82, 2.24) is 20.1 Å². The van der Waals surface area contributed by atoms with E-state index in [1.165, 1.54) is 6.07 Å². The van der Waals surface area contributed by atoms with E-state index in [-0.39, 0.29) is 23.4 Å². The van der Waals surface area contributed by atoms with Crippen LogP contribution in [-0.4, -0.2) is 66.4 Å². The molecular formula is C18H28N4O3. The number of likely N-dealkylation sites (tertiary alicyclic amines) is 1. The highest BCUT2D eigenvalue weighted by Crippen LogP contribution is 2.20. The predicted molar refractivity (Wildman–Crippen MR) is 96.7 cm³/mol. The van der Waals surface area contributed by atoms with Crippen molar-refractivity contribution in [2.24, 2.45) is 0 Å². The molecule has 1 aromatic heterocycles. The van der Waals surface area contributed by atoms with Crippen LogP contribution in [0.3, 0.4) is 0 Å². The molecule has 0 radical (unpaired) electrons. The fraction of sp³-hybridized carbons (Fsp3) is 0.611. The highest BCUT2D eigenvalue weighted by molar-refractivity contribution is 5.94. The zero-order valence-corrected chi connectivity index (χ0v) is 15.3. The average Bonchev–Trinajstić information content (AvgIpc) is 2.92. The number of carbonyl (C=O) groups excluding carboxylic acids is 2. The summed E-state index contributed by atoms with van der Waals surface area (Å²) in [5, 5.41) is 2.86. The Kier molecular flexibility index (Phi) is 6.75. The van der Waals surface area contributed by atoms with Gasteiger partial charge in [0.25, 0.3) is 5.91 Å². The minimum Gasteiger partial charge on any atom is -0.352 e. The summed E-state index contributed by atoms with van der Waals surface area (Å²) in [6, 6.07) is 3.20. The van der Waals surface area contributed by atoms with E-state index in [1.807, 2.05) is 25.9 Å². The molecular weight excluding hydrogens is 320 g/mol. The van der Waals surface area contributed by atoms with Crippen LogP contribution in [0.4, 0.5) is 0 Å². The number of hydrogen-bond donors (Lipinski definition) is 2. The Morgan fingerprint density at radius 3 is 2.80 bits per heavy atom. The quantitative estimate of drug-likeness (QED) is 0.721. The van der Waals surface area contributed by atoms with Gasteiger partial charge in [-0.15, -0.1) is 0 Å².